The standard InChI is InChI=1S/C59H39NS/c1-4-16-40(17-5-1)42-22-14-24-46(34-42)59(55-29-13-12-28-51(55)54-36-44-20-10-11-21-45(44)37-56(54)59)47-30-32-52-53-33-31-50(39-58(53)61-57(52)38-47)60(48-25-8-3-9-26-48)49-27-15-23-43(35-49)41-18-6-2-7-19-41/h1-39H. The van der Waals surface area contributed by atoms with Crippen LogP contribution in [0.1, 0.15) is 22.3 Å². The van der Waals surface area contributed by atoms with E-state index in [-0.39, 0.29) is 0 Å². The molecule has 1 unspecified atom stereocenters. The maximum Gasteiger partial charge on any atom is 0.0714 e. The number of nitrogens with zero attached hydrogens (tertiary/aromatic N) is 1. The number of thiophene rings is 1. The minimum absolute atomic E-state index is 0.538. The number of anilines is 3. The van der Waals surface area contributed by atoms with Gasteiger partial charge in [0, 0.05) is 37.2 Å². The summed E-state index contributed by atoms with van der Waals surface area (Å²) in [4.78, 5) is 2.38. The molecule has 10 aromatic carbocycles. The molecule has 0 spiro atoms. The smallest absolute Gasteiger partial charge is 0.0714 e. The summed E-state index contributed by atoms with van der Waals surface area (Å²) < 4.78 is 2.55. The minimum Gasteiger partial charge on any atom is -0.310 e. The molecular weight excluding hydrogens is 755 g/mol. The molecule has 0 radical (unpaired) electrons. The van der Waals surface area contributed by atoms with Gasteiger partial charge >= 0.3 is 0 Å². The Balaban J connectivity index is 1.06. The zero-order valence-corrected chi connectivity index (χ0v) is 34.2. The minimum atomic E-state index is -0.538. The summed E-state index contributed by atoms with van der Waals surface area (Å²) in [5, 5.41) is 5.08. The SMILES string of the molecule is c1ccc(-c2cccc(N(c3ccccc3)c3ccc4c(c3)sc3cc(C5(c6cccc(-c7ccccc7)c6)c6ccccc6-c6cc7ccccc7cc65)ccc34)c2)cc1. The van der Waals surface area contributed by atoms with Crippen LogP contribution in [0.25, 0.3) is 64.3 Å². The first-order valence-corrected chi connectivity index (χ1v) is 21.8. The van der Waals surface area contributed by atoms with Crippen LogP contribution in [0.3, 0.4) is 0 Å². The third-order valence-electron chi connectivity index (χ3n) is 12.7. The van der Waals surface area contributed by atoms with Crippen molar-refractivity contribution in [2.24, 2.45) is 0 Å². The van der Waals surface area contributed by atoms with E-state index in [1.165, 1.54) is 86.6 Å². The van der Waals surface area contributed by atoms with Crippen molar-refractivity contribution in [3.8, 4) is 33.4 Å². The predicted octanol–water partition coefficient (Wildman–Crippen LogP) is 16.4. The van der Waals surface area contributed by atoms with Gasteiger partial charge in [-0.05, 0) is 127 Å². The zero-order chi connectivity index (χ0) is 40.3. The summed E-state index contributed by atoms with van der Waals surface area (Å²) in [5.41, 5.74) is 15.5. The van der Waals surface area contributed by atoms with E-state index < -0.39 is 5.41 Å². The fourth-order valence-corrected chi connectivity index (χ4v) is 11.1. The molecular formula is C59H39NS. The number of para-hydroxylation sites is 1. The Morgan fingerprint density at radius 2 is 0.852 bits per heavy atom. The number of benzene rings is 10. The molecule has 1 aromatic heterocycles. The van der Waals surface area contributed by atoms with Crippen LogP contribution in [0.15, 0.2) is 237 Å². The highest BCUT2D eigenvalue weighted by molar-refractivity contribution is 7.25. The molecule has 1 aliphatic rings. The normalized spacial score (nSPS) is 14.3. The Hall–Kier alpha value is -7.52. The van der Waals surface area contributed by atoms with Gasteiger partial charge in [0.05, 0.1) is 5.41 Å². The molecule has 1 aliphatic carbocycles. The monoisotopic (exact) mass is 793 g/mol. The summed E-state index contributed by atoms with van der Waals surface area (Å²) in [6.45, 7) is 0. The number of rotatable bonds is 7. The van der Waals surface area contributed by atoms with Gasteiger partial charge in [-0.25, -0.2) is 0 Å². The van der Waals surface area contributed by atoms with Crippen LogP contribution in [0.4, 0.5) is 17.1 Å². The van der Waals surface area contributed by atoms with Crippen molar-refractivity contribution in [3.63, 3.8) is 0 Å². The van der Waals surface area contributed by atoms with Crippen LogP contribution in [-0.2, 0) is 5.41 Å². The lowest BCUT2D eigenvalue weighted by Gasteiger charge is -2.34. The van der Waals surface area contributed by atoms with Gasteiger partial charge in [0.25, 0.3) is 0 Å². The number of hydrogen-bond acceptors (Lipinski definition) is 2. The van der Waals surface area contributed by atoms with Gasteiger partial charge in [0.15, 0.2) is 0 Å². The Morgan fingerprint density at radius 3 is 1.61 bits per heavy atom. The van der Waals surface area contributed by atoms with Crippen LogP contribution in [0.2, 0.25) is 0 Å². The van der Waals surface area contributed by atoms with Crippen molar-refractivity contribution in [2.75, 3.05) is 4.90 Å². The first kappa shape index (κ1) is 35.4. The largest absolute Gasteiger partial charge is 0.310 e. The summed E-state index contributed by atoms with van der Waals surface area (Å²) in [6.07, 6.45) is 0. The lowest BCUT2D eigenvalue weighted by molar-refractivity contribution is 0.771. The van der Waals surface area contributed by atoms with Crippen molar-refractivity contribution in [2.45, 2.75) is 5.41 Å². The summed E-state index contributed by atoms with van der Waals surface area (Å²) in [6, 6.07) is 87.4. The maximum atomic E-state index is 2.49. The molecule has 0 amide bonds. The van der Waals surface area contributed by atoms with Crippen molar-refractivity contribution in [3.05, 3.63) is 259 Å². The van der Waals surface area contributed by atoms with E-state index in [1.54, 1.807) is 0 Å². The molecule has 1 heterocycles. The van der Waals surface area contributed by atoms with E-state index in [1.807, 2.05) is 11.3 Å². The third kappa shape index (κ3) is 5.75. The van der Waals surface area contributed by atoms with Gasteiger partial charge in [-0.1, -0.05) is 176 Å². The lowest BCUT2D eigenvalue weighted by atomic mass is 9.67. The van der Waals surface area contributed by atoms with Crippen LogP contribution in [0.5, 0.6) is 0 Å². The Kier molecular flexibility index (Phi) is 8.33. The Bertz CT molecular complexity index is 3420. The Morgan fingerprint density at radius 1 is 0.311 bits per heavy atom. The highest BCUT2D eigenvalue weighted by atomic mass is 32.1. The van der Waals surface area contributed by atoms with E-state index in [0.717, 1.165) is 17.1 Å². The molecule has 11 aromatic rings. The second kappa shape index (κ2) is 14.3. The van der Waals surface area contributed by atoms with E-state index >= 15 is 0 Å². The summed E-state index contributed by atoms with van der Waals surface area (Å²) >= 11 is 1.89. The van der Waals surface area contributed by atoms with Crippen LogP contribution >= 0.6 is 11.3 Å². The van der Waals surface area contributed by atoms with Gasteiger partial charge in [-0.2, -0.15) is 0 Å². The first-order valence-electron chi connectivity index (χ1n) is 21.0. The highest BCUT2D eigenvalue weighted by Crippen LogP contribution is 2.58. The van der Waals surface area contributed by atoms with Crippen molar-refractivity contribution in [1.29, 1.82) is 0 Å². The van der Waals surface area contributed by atoms with Gasteiger partial charge in [0.2, 0.25) is 0 Å². The molecule has 286 valence electrons. The zero-order valence-electron chi connectivity index (χ0n) is 33.4. The van der Waals surface area contributed by atoms with Crippen molar-refractivity contribution < 1.29 is 0 Å². The maximum absolute atomic E-state index is 2.49. The summed E-state index contributed by atoms with van der Waals surface area (Å²) in [5.74, 6) is 0. The van der Waals surface area contributed by atoms with Crippen molar-refractivity contribution in [1.82, 2.24) is 0 Å². The Labute approximate surface area is 360 Å². The molecule has 0 N–H and O–H groups in total. The quantitative estimate of drug-likeness (QED) is 0.155. The van der Waals surface area contributed by atoms with Gasteiger partial charge < -0.3 is 4.90 Å². The van der Waals surface area contributed by atoms with Gasteiger partial charge in [0.1, 0.15) is 0 Å². The van der Waals surface area contributed by atoms with Gasteiger partial charge in [-0.15, -0.1) is 11.3 Å². The average molecular weight is 794 g/mol. The fourth-order valence-electron chi connectivity index (χ4n) is 9.93. The van der Waals surface area contributed by atoms with Crippen LogP contribution in [-0.4, -0.2) is 0 Å². The number of fused-ring (bicyclic) bond motifs is 7. The molecule has 12 rings (SSSR count). The van der Waals surface area contributed by atoms with Crippen LogP contribution < -0.4 is 4.90 Å². The molecule has 1 nitrogen and oxygen atoms in total. The molecule has 2 heteroatoms. The third-order valence-corrected chi connectivity index (χ3v) is 13.8. The molecule has 1 atom stereocenters. The van der Waals surface area contributed by atoms with Crippen molar-refractivity contribution >= 4 is 59.3 Å². The summed E-state index contributed by atoms with van der Waals surface area (Å²) in [7, 11) is 0. The molecule has 61 heavy (non-hydrogen) atoms. The van der Waals surface area contributed by atoms with E-state index in [0.29, 0.717) is 0 Å². The molecule has 0 saturated heterocycles. The number of hydrogen-bond donors (Lipinski definition) is 0. The fraction of sp³-hybridized carbons (Fsp3) is 0.0169. The molecule has 0 saturated carbocycles. The van der Waals surface area contributed by atoms with E-state index in [2.05, 4.69) is 241 Å². The second-order valence-corrected chi connectivity index (χ2v) is 17.2. The van der Waals surface area contributed by atoms with E-state index in [9.17, 15) is 0 Å². The first-order chi connectivity index (χ1) is 30.2. The average Bonchev–Trinajstić information content (AvgIpc) is 3.84. The lowest BCUT2D eigenvalue weighted by Crippen LogP contribution is -2.28. The predicted molar refractivity (Wildman–Crippen MR) is 260 cm³/mol. The molecule has 0 bridgehead atoms. The highest BCUT2D eigenvalue weighted by Gasteiger charge is 2.46. The van der Waals surface area contributed by atoms with E-state index in [4.69, 9.17) is 0 Å². The topological polar surface area (TPSA) is 3.24 Å². The molecule has 0 aliphatic heterocycles. The van der Waals surface area contributed by atoms with Gasteiger partial charge in [-0.3, -0.25) is 0 Å². The van der Waals surface area contributed by atoms with Crippen LogP contribution in [0, 0.1) is 0 Å². The second-order valence-electron chi connectivity index (χ2n) is 16.1. The molecule has 0 fully saturated rings.